The molecule has 7 N–H and O–H groups in total. The number of aldehydes is 1. The van der Waals surface area contributed by atoms with Crippen LogP contribution in [0.1, 0.15) is 22.3 Å². The number of phenols is 1. The van der Waals surface area contributed by atoms with Crippen LogP contribution in [-0.4, -0.2) is 81.4 Å². The van der Waals surface area contributed by atoms with Gasteiger partial charge in [0.25, 0.3) is 5.91 Å². The Hall–Kier alpha value is -3.77. The maximum atomic E-state index is 15.0. The van der Waals surface area contributed by atoms with Gasteiger partial charge < -0.3 is 36.3 Å². The third-order valence-electron chi connectivity index (χ3n) is 7.04. The fourth-order valence-corrected chi connectivity index (χ4v) is 5.56. The summed E-state index contributed by atoms with van der Waals surface area (Å²) in [5, 5.41) is 46.5. The molecule has 186 valence electrons. The van der Waals surface area contributed by atoms with Crippen molar-refractivity contribution >= 4 is 29.4 Å². The van der Waals surface area contributed by atoms with E-state index in [0.717, 1.165) is 6.07 Å². The van der Waals surface area contributed by atoms with Gasteiger partial charge in [0.1, 0.15) is 34.9 Å². The molecule has 12 heteroatoms. The number of rotatable bonds is 5. The molecule has 0 radical (unpaired) electrons. The van der Waals surface area contributed by atoms with Crippen LogP contribution in [0.4, 0.5) is 10.1 Å². The number of carbonyl (C=O) groups is 4. The Kier molecular flexibility index (Phi) is 5.68. The molecule has 3 aliphatic carbocycles. The Morgan fingerprint density at radius 1 is 1.31 bits per heavy atom. The fraction of sp³-hybridized carbons (Fsp3) is 0.391. The predicted molar refractivity (Wildman–Crippen MR) is 118 cm³/mol. The second-order valence-electron chi connectivity index (χ2n) is 9.12. The first-order valence-corrected chi connectivity index (χ1v) is 10.7. The molecule has 1 amide bonds. The van der Waals surface area contributed by atoms with E-state index in [0.29, 0.717) is 6.29 Å². The zero-order valence-corrected chi connectivity index (χ0v) is 18.8. The van der Waals surface area contributed by atoms with Gasteiger partial charge in [-0.15, -0.1) is 0 Å². The lowest BCUT2D eigenvalue weighted by atomic mass is 9.58. The van der Waals surface area contributed by atoms with E-state index in [4.69, 9.17) is 5.73 Å². The minimum atomic E-state index is -2.77. The van der Waals surface area contributed by atoms with Gasteiger partial charge in [-0.2, -0.15) is 0 Å². The number of amides is 1. The largest absolute Gasteiger partial charge is 0.510 e. The number of aromatic hydroxyl groups is 1. The summed E-state index contributed by atoms with van der Waals surface area (Å²) in [7, 11) is 3.03. The average molecular weight is 489 g/mol. The number of Topliss-reactive ketones (excluding diaryl/α,β-unsaturated/α-hetero) is 2. The van der Waals surface area contributed by atoms with Crippen molar-refractivity contribution in [3.63, 3.8) is 0 Å². The first-order valence-electron chi connectivity index (χ1n) is 10.7. The van der Waals surface area contributed by atoms with Gasteiger partial charge in [-0.1, -0.05) is 0 Å². The Morgan fingerprint density at radius 2 is 1.97 bits per heavy atom. The molecular formula is C23H24FN3O8. The lowest BCUT2D eigenvalue weighted by Gasteiger charge is -2.50. The monoisotopic (exact) mass is 489 g/mol. The number of aliphatic hydroxyl groups excluding tert-OH is 2. The van der Waals surface area contributed by atoms with E-state index in [1.165, 1.54) is 19.0 Å². The molecule has 1 aromatic rings. The minimum Gasteiger partial charge on any atom is -0.510 e. The second kappa shape index (κ2) is 8.17. The molecule has 11 nitrogen and oxygen atoms in total. The zero-order chi connectivity index (χ0) is 26.0. The Labute approximate surface area is 198 Å². The van der Waals surface area contributed by atoms with Crippen molar-refractivity contribution in [1.82, 2.24) is 4.90 Å². The lowest BCUT2D eigenvalue weighted by molar-refractivity contribution is -0.148. The highest BCUT2D eigenvalue weighted by atomic mass is 19.1. The number of phenolic OH excluding ortho intramolecular Hbond substituents is 1. The molecule has 1 aromatic carbocycles. The van der Waals surface area contributed by atoms with Gasteiger partial charge in [0.15, 0.2) is 11.4 Å². The summed E-state index contributed by atoms with van der Waals surface area (Å²) in [6.45, 7) is -0.274. The number of hydrogen-bond donors (Lipinski definition) is 6. The summed E-state index contributed by atoms with van der Waals surface area (Å²) in [5.74, 6) is -8.97. The van der Waals surface area contributed by atoms with Crippen molar-refractivity contribution in [3.8, 4) is 5.75 Å². The minimum absolute atomic E-state index is 0.128. The Morgan fingerprint density at radius 3 is 2.54 bits per heavy atom. The molecule has 3 aliphatic rings. The number of anilines is 1. The van der Waals surface area contributed by atoms with E-state index in [1.54, 1.807) is 0 Å². The number of carbonyl (C=O) groups excluding carboxylic acids is 4. The highest BCUT2D eigenvalue weighted by Crippen LogP contribution is 2.52. The van der Waals surface area contributed by atoms with Crippen LogP contribution in [0.25, 0.3) is 0 Å². The summed E-state index contributed by atoms with van der Waals surface area (Å²) in [4.78, 5) is 50.7. The average Bonchev–Trinajstić information content (AvgIpc) is 2.77. The number of benzene rings is 1. The molecule has 0 saturated carbocycles. The third kappa shape index (κ3) is 3.24. The summed E-state index contributed by atoms with van der Waals surface area (Å²) >= 11 is 0. The number of aliphatic hydroxyl groups is 3. The smallest absolute Gasteiger partial charge is 0.255 e. The molecule has 0 bridgehead atoms. The number of likely N-dealkylation sites (N-methyl/N-ethyl adjacent to an activating group) is 1. The lowest BCUT2D eigenvalue weighted by Crippen LogP contribution is -2.63. The van der Waals surface area contributed by atoms with Crippen molar-refractivity contribution in [2.24, 2.45) is 17.6 Å². The normalized spacial score (nSPS) is 28.0. The van der Waals surface area contributed by atoms with Gasteiger partial charge in [0, 0.05) is 23.1 Å². The van der Waals surface area contributed by atoms with Crippen molar-refractivity contribution in [3.05, 3.63) is 45.7 Å². The van der Waals surface area contributed by atoms with E-state index in [9.17, 15) is 44.0 Å². The van der Waals surface area contributed by atoms with E-state index in [1.807, 2.05) is 0 Å². The van der Waals surface area contributed by atoms with Gasteiger partial charge in [0.05, 0.1) is 23.8 Å². The van der Waals surface area contributed by atoms with Crippen LogP contribution in [0, 0.1) is 17.7 Å². The predicted octanol–water partition coefficient (Wildman–Crippen LogP) is -0.129. The molecule has 0 spiro atoms. The van der Waals surface area contributed by atoms with Crippen molar-refractivity contribution < 1.29 is 44.0 Å². The third-order valence-corrected chi connectivity index (χ3v) is 7.04. The highest BCUT2D eigenvalue weighted by molar-refractivity contribution is 6.24. The first kappa shape index (κ1) is 24.4. The molecule has 0 fully saturated rings. The number of ketones is 2. The van der Waals surface area contributed by atoms with Gasteiger partial charge in [-0.05, 0) is 32.9 Å². The number of hydrogen-bond acceptors (Lipinski definition) is 10. The molecule has 0 unspecified atom stereocenters. The van der Waals surface area contributed by atoms with Crippen LogP contribution in [0.3, 0.4) is 0 Å². The molecule has 0 heterocycles. The van der Waals surface area contributed by atoms with E-state index in [-0.39, 0.29) is 30.6 Å². The van der Waals surface area contributed by atoms with E-state index >= 15 is 0 Å². The van der Waals surface area contributed by atoms with Gasteiger partial charge in [-0.25, -0.2) is 4.39 Å². The highest BCUT2D eigenvalue weighted by Gasteiger charge is 2.63. The van der Waals surface area contributed by atoms with Gasteiger partial charge in [0.2, 0.25) is 5.78 Å². The summed E-state index contributed by atoms with van der Waals surface area (Å²) in [6, 6.07) is -0.187. The summed E-state index contributed by atoms with van der Waals surface area (Å²) in [6.07, 6.45) is 0.161. The number of nitrogens with one attached hydrogen (secondary N) is 1. The number of primary amides is 1. The molecule has 4 atom stereocenters. The maximum absolute atomic E-state index is 15.0. The van der Waals surface area contributed by atoms with E-state index in [2.05, 4.69) is 5.32 Å². The van der Waals surface area contributed by atoms with Crippen LogP contribution in [0.5, 0.6) is 5.75 Å². The molecule has 35 heavy (non-hydrogen) atoms. The number of nitrogens with zero attached hydrogens (tertiary/aromatic N) is 1. The van der Waals surface area contributed by atoms with E-state index < -0.39 is 80.7 Å². The SMILES string of the molecule is CN(C)[C@@H]1C(O)=C(C(N)=O)C(=O)[C@@]2(O)C(O)=C3C(=O)c4c(O)c(NCC=O)cc(F)c4C[C@H]3C[C@@H]12. The summed E-state index contributed by atoms with van der Waals surface area (Å²) < 4.78 is 15.0. The number of nitrogens with two attached hydrogens (primary N) is 1. The molecule has 4 rings (SSSR count). The number of allylic oxidation sites excluding steroid dienone is 1. The van der Waals surface area contributed by atoms with Crippen LogP contribution in [-0.2, 0) is 20.8 Å². The Balaban J connectivity index is 1.94. The number of halogens is 1. The Bertz CT molecular complexity index is 1250. The van der Waals surface area contributed by atoms with Crippen LogP contribution in [0.2, 0.25) is 0 Å². The van der Waals surface area contributed by atoms with Gasteiger partial charge >= 0.3 is 0 Å². The van der Waals surface area contributed by atoms with Crippen molar-refractivity contribution in [2.45, 2.75) is 24.5 Å². The first-order chi connectivity index (χ1) is 16.4. The second-order valence-corrected chi connectivity index (χ2v) is 9.12. The van der Waals surface area contributed by atoms with Crippen LogP contribution >= 0.6 is 0 Å². The standard InChI is InChI=1S/C23H24FN3O8/c1-27(2)16-10-6-8-5-9-11(24)7-12(26-3-4-28)17(29)14(9)18(30)13(8)20(32)23(10,35)21(33)15(19(16)31)22(25)34/h4,7-8,10,16,26,29,31-32,35H,3,5-6H2,1-2H3,(H2,25,34)/t8-,10-,16-,23-/m0/s1. The molecule has 0 aromatic heterocycles. The molecular weight excluding hydrogens is 465 g/mol. The molecule has 0 aliphatic heterocycles. The topological polar surface area (TPSA) is 190 Å². The summed E-state index contributed by atoms with van der Waals surface area (Å²) in [5.41, 5.74) is 0.372. The quantitative estimate of drug-likeness (QED) is 0.184. The number of fused-ring (bicyclic) bond motifs is 3. The zero-order valence-electron chi connectivity index (χ0n) is 18.8. The molecule has 0 saturated heterocycles. The van der Waals surface area contributed by atoms with Gasteiger partial charge in [-0.3, -0.25) is 19.3 Å². The maximum Gasteiger partial charge on any atom is 0.255 e. The van der Waals surface area contributed by atoms with Crippen LogP contribution in [0.15, 0.2) is 28.7 Å². The fourth-order valence-electron chi connectivity index (χ4n) is 5.56. The van der Waals surface area contributed by atoms with Crippen LogP contribution < -0.4 is 11.1 Å². The van der Waals surface area contributed by atoms with Crippen molar-refractivity contribution in [1.29, 1.82) is 0 Å². The van der Waals surface area contributed by atoms with Crippen molar-refractivity contribution in [2.75, 3.05) is 26.0 Å².